The normalized spacial score (nSPS) is 10.3. The van der Waals surface area contributed by atoms with Crippen molar-refractivity contribution in [1.29, 1.82) is 0 Å². The van der Waals surface area contributed by atoms with Crippen molar-refractivity contribution >= 4 is 51.9 Å². The van der Waals surface area contributed by atoms with E-state index in [1.54, 1.807) is 17.8 Å². The van der Waals surface area contributed by atoms with Crippen LogP contribution in [0.1, 0.15) is 5.56 Å². The number of hydrogen-bond acceptors (Lipinski definition) is 3. The van der Waals surface area contributed by atoms with Gasteiger partial charge in [-0.1, -0.05) is 29.9 Å². The van der Waals surface area contributed by atoms with Gasteiger partial charge in [-0.25, -0.2) is 4.39 Å². The molecular formula is C14H12ClFN2S2. The molecule has 0 amide bonds. The Hall–Kier alpha value is -1.30. The van der Waals surface area contributed by atoms with Crippen LogP contribution in [0.5, 0.6) is 0 Å². The summed E-state index contributed by atoms with van der Waals surface area (Å²) >= 11 is 12.5. The molecule has 0 heterocycles. The van der Waals surface area contributed by atoms with Crippen LogP contribution in [0.25, 0.3) is 0 Å². The Bertz CT molecular complexity index is 641. The third kappa shape index (κ3) is 3.42. The van der Waals surface area contributed by atoms with Crippen LogP contribution in [0.4, 0.5) is 15.8 Å². The zero-order chi connectivity index (χ0) is 14.7. The predicted molar refractivity (Wildman–Crippen MR) is 88.8 cm³/mol. The number of benzene rings is 2. The fourth-order valence-corrected chi connectivity index (χ4v) is 2.99. The van der Waals surface area contributed by atoms with Gasteiger partial charge < -0.3 is 11.1 Å². The highest BCUT2D eigenvalue weighted by atomic mass is 35.5. The van der Waals surface area contributed by atoms with Crippen molar-refractivity contribution in [3.05, 3.63) is 52.8 Å². The number of halogens is 2. The molecule has 0 fully saturated rings. The molecule has 104 valence electrons. The summed E-state index contributed by atoms with van der Waals surface area (Å²) in [5.74, 6) is -0.405. The second kappa shape index (κ2) is 6.43. The minimum atomic E-state index is -0.405. The lowest BCUT2D eigenvalue weighted by atomic mass is 10.1. The summed E-state index contributed by atoms with van der Waals surface area (Å²) in [5.41, 5.74) is 7.80. The number of thiocarbonyl (C=S) groups is 1. The van der Waals surface area contributed by atoms with Gasteiger partial charge in [0, 0.05) is 26.9 Å². The second-order valence-electron chi connectivity index (χ2n) is 4.03. The summed E-state index contributed by atoms with van der Waals surface area (Å²) < 4.78 is 13.4. The van der Waals surface area contributed by atoms with E-state index < -0.39 is 5.82 Å². The van der Waals surface area contributed by atoms with Crippen molar-refractivity contribution in [2.75, 3.05) is 11.6 Å². The molecule has 0 atom stereocenters. The fourth-order valence-electron chi connectivity index (χ4n) is 1.84. The average molecular weight is 327 g/mol. The number of thioether (sulfide) groups is 1. The molecule has 0 unspecified atom stereocenters. The van der Waals surface area contributed by atoms with Gasteiger partial charge in [0.25, 0.3) is 0 Å². The maximum Gasteiger partial charge on any atom is 0.126 e. The fraction of sp³-hybridized carbons (Fsp3) is 0.0714. The van der Waals surface area contributed by atoms with Gasteiger partial charge in [-0.05, 0) is 36.6 Å². The lowest BCUT2D eigenvalue weighted by molar-refractivity contribution is 0.628. The van der Waals surface area contributed by atoms with E-state index >= 15 is 0 Å². The first kappa shape index (κ1) is 15.1. The van der Waals surface area contributed by atoms with E-state index in [1.807, 2.05) is 24.5 Å². The third-order valence-corrected chi connectivity index (χ3v) is 3.84. The molecule has 0 bridgehead atoms. The van der Waals surface area contributed by atoms with Crippen molar-refractivity contribution in [3.63, 3.8) is 0 Å². The van der Waals surface area contributed by atoms with Gasteiger partial charge in [-0.3, -0.25) is 0 Å². The number of hydrogen-bond donors (Lipinski definition) is 2. The maximum atomic E-state index is 13.4. The SMILES string of the molecule is CSc1cccc(Nc2cc(F)cc(Cl)c2)c1C(N)=S. The van der Waals surface area contributed by atoms with Crippen LogP contribution in [0.2, 0.25) is 5.02 Å². The largest absolute Gasteiger partial charge is 0.389 e. The highest BCUT2D eigenvalue weighted by Crippen LogP contribution is 2.30. The lowest BCUT2D eigenvalue weighted by Gasteiger charge is -2.14. The zero-order valence-electron chi connectivity index (χ0n) is 10.6. The molecule has 0 saturated heterocycles. The van der Waals surface area contributed by atoms with Crippen LogP contribution in [-0.4, -0.2) is 11.2 Å². The highest BCUT2D eigenvalue weighted by Gasteiger charge is 2.11. The van der Waals surface area contributed by atoms with Crippen LogP contribution >= 0.6 is 35.6 Å². The van der Waals surface area contributed by atoms with E-state index in [-0.39, 0.29) is 0 Å². The Morgan fingerprint density at radius 3 is 2.70 bits per heavy atom. The van der Waals surface area contributed by atoms with E-state index in [2.05, 4.69) is 5.32 Å². The molecule has 3 N–H and O–H groups in total. The van der Waals surface area contributed by atoms with Gasteiger partial charge in [-0.2, -0.15) is 0 Å². The summed E-state index contributed by atoms with van der Waals surface area (Å²) in [6, 6.07) is 9.91. The summed E-state index contributed by atoms with van der Waals surface area (Å²) in [6.45, 7) is 0. The highest BCUT2D eigenvalue weighted by molar-refractivity contribution is 7.98. The van der Waals surface area contributed by atoms with E-state index in [9.17, 15) is 4.39 Å². The monoisotopic (exact) mass is 326 g/mol. The summed E-state index contributed by atoms with van der Waals surface area (Å²) in [4.78, 5) is 1.25. The molecule has 2 aromatic rings. The molecule has 2 nitrogen and oxygen atoms in total. The van der Waals surface area contributed by atoms with E-state index in [1.165, 1.54) is 12.1 Å². The molecule has 0 radical (unpaired) electrons. The van der Waals surface area contributed by atoms with Gasteiger partial charge in [0.15, 0.2) is 0 Å². The van der Waals surface area contributed by atoms with Crippen molar-refractivity contribution in [3.8, 4) is 0 Å². The maximum absolute atomic E-state index is 13.4. The number of nitrogens with two attached hydrogens (primary N) is 1. The summed E-state index contributed by atoms with van der Waals surface area (Å²) in [5, 5.41) is 3.43. The van der Waals surface area contributed by atoms with Crippen LogP contribution in [-0.2, 0) is 0 Å². The molecule has 2 aromatic carbocycles. The Labute approximate surface area is 131 Å². The topological polar surface area (TPSA) is 38.0 Å². The van der Waals surface area contributed by atoms with Gasteiger partial charge >= 0.3 is 0 Å². The minimum absolute atomic E-state index is 0.292. The standard InChI is InChI=1S/C14H12ClFN2S2/c1-20-12-4-2-3-11(13(12)14(17)19)18-10-6-8(15)5-9(16)7-10/h2-7,18H,1H3,(H2,17,19). The Morgan fingerprint density at radius 2 is 2.10 bits per heavy atom. The van der Waals surface area contributed by atoms with Crippen LogP contribution in [0, 0.1) is 5.82 Å². The van der Waals surface area contributed by atoms with Gasteiger partial charge in [-0.15, -0.1) is 11.8 Å². The first-order valence-corrected chi connectivity index (χ1v) is 7.72. The molecule has 0 spiro atoms. The molecule has 0 saturated carbocycles. The number of anilines is 2. The molecule has 6 heteroatoms. The number of nitrogens with one attached hydrogen (secondary N) is 1. The van der Waals surface area contributed by atoms with Crippen molar-refractivity contribution in [2.45, 2.75) is 4.90 Å². The molecule has 0 aliphatic carbocycles. The second-order valence-corrected chi connectivity index (χ2v) is 5.75. The molecule has 2 rings (SSSR count). The van der Waals surface area contributed by atoms with E-state index in [0.29, 0.717) is 15.7 Å². The Balaban J connectivity index is 2.45. The molecule has 20 heavy (non-hydrogen) atoms. The minimum Gasteiger partial charge on any atom is -0.389 e. The molecule has 0 aromatic heterocycles. The molecule has 0 aliphatic rings. The summed E-state index contributed by atoms with van der Waals surface area (Å²) in [6.07, 6.45) is 1.94. The van der Waals surface area contributed by atoms with Crippen LogP contribution < -0.4 is 11.1 Å². The molecular weight excluding hydrogens is 315 g/mol. The van der Waals surface area contributed by atoms with Crippen LogP contribution in [0.3, 0.4) is 0 Å². The van der Waals surface area contributed by atoms with E-state index in [4.69, 9.17) is 29.6 Å². The quantitative estimate of drug-likeness (QED) is 0.637. The van der Waals surface area contributed by atoms with Crippen molar-refractivity contribution < 1.29 is 4.39 Å². The first-order chi connectivity index (χ1) is 9.51. The summed E-state index contributed by atoms with van der Waals surface area (Å²) in [7, 11) is 0. The third-order valence-electron chi connectivity index (χ3n) is 2.63. The van der Waals surface area contributed by atoms with Gasteiger partial charge in [0.1, 0.15) is 10.8 Å². The number of rotatable bonds is 4. The molecule has 0 aliphatic heterocycles. The lowest BCUT2D eigenvalue weighted by Crippen LogP contribution is -2.13. The van der Waals surface area contributed by atoms with E-state index in [0.717, 1.165) is 16.1 Å². The predicted octanol–water partition coefficient (Wildman–Crippen LogP) is 4.58. The van der Waals surface area contributed by atoms with Crippen LogP contribution in [0.15, 0.2) is 41.3 Å². The first-order valence-electron chi connectivity index (χ1n) is 5.71. The zero-order valence-corrected chi connectivity index (χ0v) is 13.0. The Kier molecular flexibility index (Phi) is 4.86. The Morgan fingerprint density at radius 1 is 1.35 bits per heavy atom. The van der Waals surface area contributed by atoms with Crippen molar-refractivity contribution in [2.24, 2.45) is 5.73 Å². The average Bonchev–Trinajstić information content (AvgIpc) is 2.36. The smallest absolute Gasteiger partial charge is 0.126 e. The van der Waals surface area contributed by atoms with Gasteiger partial charge in [0.2, 0.25) is 0 Å². The van der Waals surface area contributed by atoms with Crippen molar-refractivity contribution in [1.82, 2.24) is 0 Å². The van der Waals surface area contributed by atoms with Gasteiger partial charge in [0.05, 0.1) is 0 Å².